The summed E-state index contributed by atoms with van der Waals surface area (Å²) in [5.74, 6) is -1.20. The molecule has 0 amide bonds. The lowest BCUT2D eigenvalue weighted by Gasteiger charge is -2.18. The maximum absolute atomic E-state index is 12.7. The first kappa shape index (κ1) is 13.7. The van der Waals surface area contributed by atoms with Crippen molar-refractivity contribution < 1.29 is 19.4 Å². The third-order valence-corrected chi connectivity index (χ3v) is 3.19. The number of hydrogen-bond donors (Lipinski definition) is 2. The zero-order chi connectivity index (χ0) is 13.8. The molecular weight excluding hydrogens is 249 g/mol. The Balaban J connectivity index is 1.94. The van der Waals surface area contributed by atoms with Gasteiger partial charge >= 0.3 is 5.97 Å². The van der Waals surface area contributed by atoms with Crippen molar-refractivity contribution in [3.63, 3.8) is 0 Å². The van der Waals surface area contributed by atoms with Crippen LogP contribution in [0, 0.1) is 5.82 Å². The van der Waals surface area contributed by atoms with Gasteiger partial charge in [-0.1, -0.05) is 24.3 Å². The second-order valence-corrected chi connectivity index (χ2v) is 4.65. The van der Waals surface area contributed by atoms with Gasteiger partial charge in [-0.15, -0.1) is 0 Å². The van der Waals surface area contributed by atoms with Gasteiger partial charge < -0.3 is 10.2 Å². The minimum absolute atomic E-state index is 0.264. The first-order chi connectivity index (χ1) is 9.06. The normalized spacial score (nSPS) is 24.1. The van der Waals surface area contributed by atoms with E-state index >= 15 is 0 Å². The summed E-state index contributed by atoms with van der Waals surface area (Å²) in [5.41, 5.74) is 0.855. The molecule has 1 saturated heterocycles. The van der Waals surface area contributed by atoms with Gasteiger partial charge in [-0.05, 0) is 17.7 Å². The second-order valence-electron chi connectivity index (χ2n) is 4.65. The summed E-state index contributed by atoms with van der Waals surface area (Å²) in [5, 5.41) is 18.5. The van der Waals surface area contributed by atoms with Crippen molar-refractivity contribution in [3.05, 3.63) is 41.7 Å². The molecule has 1 aliphatic rings. The Hall–Kier alpha value is -1.72. The zero-order valence-electron chi connectivity index (χ0n) is 10.4. The fourth-order valence-corrected chi connectivity index (χ4v) is 2.24. The summed E-state index contributed by atoms with van der Waals surface area (Å²) >= 11 is 0. The van der Waals surface area contributed by atoms with Crippen molar-refractivity contribution in [1.82, 2.24) is 4.90 Å². The fraction of sp³-hybridized carbons (Fsp3) is 0.357. The van der Waals surface area contributed by atoms with E-state index in [9.17, 15) is 14.3 Å². The van der Waals surface area contributed by atoms with Crippen molar-refractivity contribution in [2.75, 3.05) is 13.1 Å². The molecule has 1 aromatic rings. The Kier molecular flexibility index (Phi) is 4.29. The van der Waals surface area contributed by atoms with Gasteiger partial charge in [0.2, 0.25) is 0 Å². The van der Waals surface area contributed by atoms with Crippen molar-refractivity contribution in [3.8, 4) is 0 Å². The lowest BCUT2D eigenvalue weighted by Crippen LogP contribution is -2.35. The number of aliphatic hydroxyl groups excluding tert-OH is 1. The molecule has 2 atom stereocenters. The minimum Gasteiger partial charge on any atom is -0.480 e. The molecule has 0 bridgehead atoms. The van der Waals surface area contributed by atoms with Gasteiger partial charge in [-0.3, -0.25) is 9.69 Å². The molecule has 0 saturated carbocycles. The highest BCUT2D eigenvalue weighted by molar-refractivity contribution is 5.74. The summed E-state index contributed by atoms with van der Waals surface area (Å²) in [6.07, 6.45) is 3.31. The molecule has 4 nitrogen and oxygen atoms in total. The van der Waals surface area contributed by atoms with Crippen LogP contribution in [0.5, 0.6) is 0 Å². The highest BCUT2D eigenvalue weighted by Gasteiger charge is 2.34. The molecule has 102 valence electrons. The van der Waals surface area contributed by atoms with Crippen LogP contribution >= 0.6 is 0 Å². The van der Waals surface area contributed by atoms with Crippen LogP contribution in [0.1, 0.15) is 12.0 Å². The quantitative estimate of drug-likeness (QED) is 0.863. The van der Waals surface area contributed by atoms with E-state index in [1.807, 2.05) is 12.2 Å². The molecule has 2 N–H and O–H groups in total. The molecule has 1 aliphatic heterocycles. The predicted octanol–water partition coefficient (Wildman–Crippen LogP) is 1.36. The van der Waals surface area contributed by atoms with E-state index in [2.05, 4.69) is 0 Å². The fourth-order valence-electron chi connectivity index (χ4n) is 2.24. The van der Waals surface area contributed by atoms with E-state index < -0.39 is 18.1 Å². The van der Waals surface area contributed by atoms with E-state index in [0.717, 1.165) is 5.56 Å². The van der Waals surface area contributed by atoms with Gasteiger partial charge in [0.1, 0.15) is 11.9 Å². The monoisotopic (exact) mass is 265 g/mol. The van der Waals surface area contributed by atoms with Crippen LogP contribution in [0.2, 0.25) is 0 Å². The number of carboxylic acids is 1. The number of aliphatic hydroxyl groups is 1. The Morgan fingerprint density at radius 3 is 2.74 bits per heavy atom. The van der Waals surface area contributed by atoms with Gasteiger partial charge in [0.05, 0.1) is 6.10 Å². The average molecular weight is 265 g/mol. The maximum Gasteiger partial charge on any atom is 0.321 e. The summed E-state index contributed by atoms with van der Waals surface area (Å²) < 4.78 is 12.7. The average Bonchev–Trinajstić information content (AvgIpc) is 2.73. The van der Waals surface area contributed by atoms with E-state index in [4.69, 9.17) is 5.11 Å². The third kappa shape index (κ3) is 3.62. The predicted molar refractivity (Wildman–Crippen MR) is 69.1 cm³/mol. The molecule has 1 fully saturated rings. The number of carboxylic acid groups (broad SMARTS) is 1. The lowest BCUT2D eigenvalue weighted by atomic mass is 10.2. The van der Waals surface area contributed by atoms with E-state index in [1.54, 1.807) is 17.0 Å². The topological polar surface area (TPSA) is 60.8 Å². The van der Waals surface area contributed by atoms with Crippen LogP contribution in [0.15, 0.2) is 30.3 Å². The summed E-state index contributed by atoms with van der Waals surface area (Å²) in [6, 6.07) is 5.42. The number of halogens is 1. The Morgan fingerprint density at radius 2 is 2.11 bits per heavy atom. The largest absolute Gasteiger partial charge is 0.480 e. The van der Waals surface area contributed by atoms with Crippen molar-refractivity contribution in [2.24, 2.45) is 0 Å². The molecule has 0 aliphatic carbocycles. The Bertz CT molecular complexity index is 472. The molecule has 5 heteroatoms. The Morgan fingerprint density at radius 1 is 1.42 bits per heavy atom. The Labute approximate surface area is 110 Å². The van der Waals surface area contributed by atoms with Gasteiger partial charge in [0, 0.05) is 19.5 Å². The number of aliphatic carboxylic acids is 1. The van der Waals surface area contributed by atoms with Crippen LogP contribution < -0.4 is 0 Å². The lowest BCUT2D eigenvalue weighted by molar-refractivity contribution is -0.142. The van der Waals surface area contributed by atoms with Crippen molar-refractivity contribution in [2.45, 2.75) is 18.6 Å². The SMILES string of the molecule is O=C(O)[C@H]1C[C@@H](O)CN1C/C=C/c1ccc(F)cc1. The smallest absolute Gasteiger partial charge is 0.321 e. The van der Waals surface area contributed by atoms with Crippen LogP contribution in [0.25, 0.3) is 6.08 Å². The highest BCUT2D eigenvalue weighted by atomic mass is 19.1. The number of β-amino-alcohol motifs (C(OH)–C–C–N with tert-alkyl or cyclic N) is 1. The third-order valence-electron chi connectivity index (χ3n) is 3.19. The second kappa shape index (κ2) is 5.95. The molecule has 2 rings (SSSR count). The number of benzene rings is 1. The molecule has 0 aromatic heterocycles. The first-order valence-electron chi connectivity index (χ1n) is 6.13. The minimum atomic E-state index is -0.910. The number of likely N-dealkylation sites (tertiary alicyclic amines) is 1. The van der Waals surface area contributed by atoms with Crippen molar-refractivity contribution in [1.29, 1.82) is 0 Å². The molecule has 1 heterocycles. The first-order valence-corrected chi connectivity index (χ1v) is 6.13. The van der Waals surface area contributed by atoms with Crippen LogP contribution in [0.3, 0.4) is 0 Å². The van der Waals surface area contributed by atoms with E-state index in [0.29, 0.717) is 13.1 Å². The van der Waals surface area contributed by atoms with E-state index in [-0.39, 0.29) is 12.2 Å². The standard InChI is InChI=1S/C14H16FNO3/c15-11-5-3-10(4-6-11)2-1-7-16-9-12(17)8-13(16)14(18)19/h1-6,12-13,17H,7-9H2,(H,18,19)/b2-1+/t12-,13-/m1/s1. The van der Waals surface area contributed by atoms with Gasteiger partial charge in [-0.2, -0.15) is 0 Å². The number of hydrogen-bond acceptors (Lipinski definition) is 3. The molecule has 1 aromatic carbocycles. The van der Waals surface area contributed by atoms with Crippen LogP contribution in [0.4, 0.5) is 4.39 Å². The number of rotatable bonds is 4. The van der Waals surface area contributed by atoms with Gasteiger partial charge in [-0.25, -0.2) is 4.39 Å². The summed E-state index contributed by atoms with van der Waals surface area (Å²) in [4.78, 5) is 12.7. The number of nitrogens with zero attached hydrogens (tertiary/aromatic N) is 1. The molecule has 19 heavy (non-hydrogen) atoms. The van der Waals surface area contributed by atoms with Gasteiger partial charge in [0.15, 0.2) is 0 Å². The molecule has 0 spiro atoms. The maximum atomic E-state index is 12.7. The highest BCUT2D eigenvalue weighted by Crippen LogP contribution is 2.18. The number of carbonyl (C=O) groups is 1. The van der Waals surface area contributed by atoms with Crippen LogP contribution in [-0.2, 0) is 4.79 Å². The summed E-state index contributed by atoms with van der Waals surface area (Å²) in [7, 11) is 0. The zero-order valence-corrected chi connectivity index (χ0v) is 10.4. The van der Waals surface area contributed by atoms with E-state index in [1.165, 1.54) is 12.1 Å². The molecular formula is C14H16FNO3. The van der Waals surface area contributed by atoms with Crippen LogP contribution in [-0.4, -0.2) is 46.3 Å². The summed E-state index contributed by atoms with van der Waals surface area (Å²) in [6.45, 7) is 0.816. The van der Waals surface area contributed by atoms with Gasteiger partial charge in [0.25, 0.3) is 0 Å². The van der Waals surface area contributed by atoms with Crippen molar-refractivity contribution >= 4 is 12.0 Å². The molecule has 0 radical (unpaired) electrons. The molecule has 0 unspecified atom stereocenters.